The van der Waals surface area contributed by atoms with Crippen LogP contribution in [0, 0.1) is 0 Å². The predicted octanol–water partition coefficient (Wildman–Crippen LogP) is 4.05. The van der Waals surface area contributed by atoms with Gasteiger partial charge in [-0.3, -0.25) is 4.79 Å². The number of allylic oxidation sites excluding steroid dienone is 1. The zero-order valence-corrected chi connectivity index (χ0v) is 18.7. The van der Waals surface area contributed by atoms with Crippen LogP contribution in [0.1, 0.15) is 29.3 Å². The topological polar surface area (TPSA) is 83.2 Å². The van der Waals surface area contributed by atoms with Crippen molar-refractivity contribution in [2.45, 2.75) is 13.3 Å². The summed E-state index contributed by atoms with van der Waals surface area (Å²) in [6.45, 7) is 1.93. The van der Waals surface area contributed by atoms with Crippen LogP contribution in [-0.2, 0) is 0 Å². The lowest BCUT2D eigenvalue weighted by atomic mass is 9.97. The maximum Gasteiger partial charge on any atom is 0.207 e. The van der Waals surface area contributed by atoms with E-state index in [9.17, 15) is 4.79 Å². The third kappa shape index (κ3) is 4.45. The summed E-state index contributed by atoms with van der Waals surface area (Å²) in [5.74, 6) is 1.67. The molecule has 2 aromatic rings. The number of ether oxygens (including phenoxy) is 4. The lowest BCUT2D eigenvalue weighted by molar-refractivity contribution is 0.103. The third-order valence-corrected chi connectivity index (χ3v) is 4.79. The Labute approximate surface area is 178 Å². The predicted molar refractivity (Wildman–Crippen MR) is 120 cm³/mol. The number of nitrogen functional groups attached to an aromatic ring is 1. The Balaban J connectivity index is 2.62. The summed E-state index contributed by atoms with van der Waals surface area (Å²) < 4.78 is 21.9. The molecule has 0 saturated carbocycles. The highest BCUT2D eigenvalue weighted by Gasteiger charge is 2.22. The van der Waals surface area contributed by atoms with Gasteiger partial charge in [0.15, 0.2) is 17.3 Å². The van der Waals surface area contributed by atoms with Crippen molar-refractivity contribution in [1.82, 2.24) is 0 Å². The van der Waals surface area contributed by atoms with Crippen LogP contribution in [0.15, 0.2) is 29.8 Å². The molecule has 0 spiro atoms. The monoisotopic (exact) mass is 414 g/mol. The van der Waals surface area contributed by atoms with Crippen LogP contribution < -0.4 is 29.6 Å². The van der Waals surface area contributed by atoms with Crippen molar-refractivity contribution in [1.29, 1.82) is 0 Å². The number of nitrogens with two attached hydrogens (primary N) is 1. The van der Waals surface area contributed by atoms with Gasteiger partial charge in [-0.25, -0.2) is 0 Å². The lowest BCUT2D eigenvalue weighted by Gasteiger charge is -2.18. The average Bonchev–Trinajstić information content (AvgIpc) is 2.75. The van der Waals surface area contributed by atoms with E-state index < -0.39 is 0 Å². The highest BCUT2D eigenvalue weighted by atomic mass is 16.5. The molecule has 0 saturated heterocycles. The summed E-state index contributed by atoms with van der Waals surface area (Å²) in [6, 6.07) is 7.04. The van der Waals surface area contributed by atoms with Gasteiger partial charge >= 0.3 is 0 Å². The van der Waals surface area contributed by atoms with Gasteiger partial charge in [0.05, 0.1) is 39.8 Å². The Bertz CT molecular complexity index is 951. The minimum atomic E-state index is -0.0867. The second-order valence-electron chi connectivity index (χ2n) is 6.79. The maximum absolute atomic E-state index is 13.2. The van der Waals surface area contributed by atoms with Gasteiger partial charge < -0.3 is 29.6 Å². The van der Waals surface area contributed by atoms with Crippen molar-refractivity contribution < 1.29 is 23.7 Å². The fourth-order valence-corrected chi connectivity index (χ4v) is 3.24. The Hall–Kier alpha value is -3.35. The number of methoxy groups -OCH3 is 4. The first-order valence-corrected chi connectivity index (χ1v) is 9.51. The number of nitrogens with zero attached hydrogens (tertiary/aromatic N) is 1. The fraction of sp³-hybridized carbons (Fsp3) is 0.348. The quantitative estimate of drug-likeness (QED) is 0.376. The molecule has 2 N–H and O–H groups in total. The standard InChI is InChI=1S/C23H30N2O5/c1-8-14(20(26)15-9-10-17(24)18(12-15)25(2)3)11-16-13-19(27-4)22(29-6)23(30-7)21(16)28-5/h9-13H,8,24H2,1-7H3. The summed E-state index contributed by atoms with van der Waals surface area (Å²) in [7, 11) is 9.91. The lowest BCUT2D eigenvalue weighted by Crippen LogP contribution is -2.13. The van der Waals surface area contributed by atoms with Crippen molar-refractivity contribution in [3.05, 3.63) is 41.0 Å². The van der Waals surface area contributed by atoms with Crippen LogP contribution in [0.4, 0.5) is 11.4 Å². The zero-order valence-electron chi connectivity index (χ0n) is 18.7. The highest BCUT2D eigenvalue weighted by molar-refractivity contribution is 6.12. The van der Waals surface area contributed by atoms with Gasteiger partial charge in [0.2, 0.25) is 11.5 Å². The van der Waals surface area contributed by atoms with Crippen molar-refractivity contribution in [2.75, 3.05) is 53.2 Å². The van der Waals surface area contributed by atoms with E-state index in [1.807, 2.05) is 25.9 Å². The molecule has 0 fully saturated rings. The summed E-state index contributed by atoms with van der Waals surface area (Å²) in [4.78, 5) is 15.1. The molecule has 0 aliphatic carbocycles. The maximum atomic E-state index is 13.2. The van der Waals surface area contributed by atoms with Gasteiger partial charge in [0.1, 0.15) is 0 Å². The number of benzene rings is 2. The summed E-state index contributed by atoms with van der Waals surface area (Å²) in [5.41, 5.74) is 9.26. The van der Waals surface area contributed by atoms with Crippen LogP contribution in [0.2, 0.25) is 0 Å². The van der Waals surface area contributed by atoms with Crippen LogP contribution in [0.25, 0.3) is 6.08 Å². The van der Waals surface area contributed by atoms with Gasteiger partial charge in [0.25, 0.3) is 0 Å². The van der Waals surface area contributed by atoms with Crippen molar-refractivity contribution in [3.63, 3.8) is 0 Å². The molecule has 0 radical (unpaired) electrons. The molecule has 7 nitrogen and oxygen atoms in total. The molecule has 162 valence electrons. The van der Waals surface area contributed by atoms with Crippen molar-refractivity contribution in [3.8, 4) is 23.0 Å². The molecule has 0 unspecified atom stereocenters. The van der Waals surface area contributed by atoms with E-state index in [-0.39, 0.29) is 5.78 Å². The molecule has 2 aromatic carbocycles. The second-order valence-corrected chi connectivity index (χ2v) is 6.79. The normalized spacial score (nSPS) is 11.1. The molecule has 0 aliphatic rings. The van der Waals surface area contributed by atoms with Crippen LogP contribution in [-0.4, -0.2) is 48.3 Å². The number of Topliss-reactive ketones (excluding diaryl/α,β-unsaturated/α-hetero) is 1. The van der Waals surface area contributed by atoms with Crippen molar-refractivity contribution in [2.24, 2.45) is 0 Å². The summed E-state index contributed by atoms with van der Waals surface area (Å²) in [6.07, 6.45) is 2.32. The Morgan fingerprint density at radius 2 is 1.60 bits per heavy atom. The number of anilines is 2. The van der Waals surface area contributed by atoms with Gasteiger partial charge in [-0.15, -0.1) is 0 Å². The van der Waals surface area contributed by atoms with E-state index in [1.54, 1.807) is 37.5 Å². The third-order valence-electron chi connectivity index (χ3n) is 4.79. The van der Waals surface area contributed by atoms with Crippen LogP contribution in [0.3, 0.4) is 0 Å². The largest absolute Gasteiger partial charge is 0.493 e. The first-order chi connectivity index (χ1) is 14.3. The second kappa shape index (κ2) is 9.91. The summed E-state index contributed by atoms with van der Waals surface area (Å²) >= 11 is 0. The van der Waals surface area contributed by atoms with E-state index in [4.69, 9.17) is 24.7 Å². The first kappa shape index (κ1) is 22.9. The number of carbonyl (C=O) groups excluding carboxylic acids is 1. The number of rotatable bonds is 9. The SMILES string of the molecule is CCC(=Cc1cc(OC)c(OC)c(OC)c1OC)C(=O)c1ccc(N)c(N(C)C)c1. The number of ketones is 1. The first-order valence-electron chi connectivity index (χ1n) is 9.51. The Morgan fingerprint density at radius 3 is 2.10 bits per heavy atom. The van der Waals surface area contributed by atoms with Crippen LogP contribution in [0.5, 0.6) is 23.0 Å². The molecule has 30 heavy (non-hydrogen) atoms. The van der Waals surface area contributed by atoms with E-state index in [2.05, 4.69) is 0 Å². The molecule has 0 atom stereocenters. The molecule has 0 heterocycles. The van der Waals surface area contributed by atoms with Gasteiger partial charge in [-0.1, -0.05) is 6.92 Å². The van der Waals surface area contributed by atoms with E-state index in [0.717, 1.165) is 5.69 Å². The molecule has 0 amide bonds. The molecule has 2 rings (SSSR count). The van der Waals surface area contributed by atoms with Crippen LogP contribution >= 0.6 is 0 Å². The molecular weight excluding hydrogens is 384 g/mol. The molecule has 0 aromatic heterocycles. The van der Waals surface area contributed by atoms with Gasteiger partial charge in [-0.05, 0) is 36.8 Å². The molecule has 7 heteroatoms. The van der Waals surface area contributed by atoms with E-state index >= 15 is 0 Å². The zero-order chi connectivity index (χ0) is 22.4. The molecule has 0 aliphatic heterocycles. The van der Waals surface area contributed by atoms with Gasteiger partial charge in [-0.2, -0.15) is 0 Å². The van der Waals surface area contributed by atoms with E-state index in [1.165, 1.54) is 21.3 Å². The minimum absolute atomic E-state index is 0.0867. The van der Waals surface area contributed by atoms with Crippen molar-refractivity contribution >= 4 is 23.2 Å². The fourth-order valence-electron chi connectivity index (χ4n) is 3.24. The minimum Gasteiger partial charge on any atom is -0.493 e. The Kier molecular flexibility index (Phi) is 7.58. The highest BCUT2D eigenvalue weighted by Crippen LogP contribution is 2.47. The number of carbonyl (C=O) groups is 1. The molecular formula is C23H30N2O5. The average molecular weight is 415 g/mol. The summed E-state index contributed by atoms with van der Waals surface area (Å²) in [5, 5.41) is 0. The molecule has 0 bridgehead atoms. The smallest absolute Gasteiger partial charge is 0.207 e. The van der Waals surface area contributed by atoms with Gasteiger partial charge in [0, 0.05) is 30.8 Å². The van der Waals surface area contributed by atoms with E-state index in [0.29, 0.717) is 51.8 Å². The number of hydrogen-bond acceptors (Lipinski definition) is 7. The Morgan fingerprint density at radius 1 is 0.967 bits per heavy atom. The number of hydrogen-bond donors (Lipinski definition) is 1.